The van der Waals surface area contributed by atoms with Gasteiger partial charge in [-0.15, -0.1) is 11.3 Å². The zero-order chi connectivity index (χ0) is 19.3. The van der Waals surface area contributed by atoms with Crippen LogP contribution in [0, 0.1) is 0 Å². The molecule has 0 N–H and O–H groups in total. The van der Waals surface area contributed by atoms with Crippen LogP contribution in [0.5, 0.6) is 5.75 Å². The number of rotatable bonds is 6. The largest absolute Gasteiger partial charge is 0.497 e. The SMILES string of the molecule is COc1ccc(N(Cc2cccs2)C(=O)c2cccc(-n3cccn3)c2)cc1. The molecule has 140 valence electrons. The zero-order valence-corrected chi connectivity index (χ0v) is 16.2. The molecule has 0 bridgehead atoms. The Balaban J connectivity index is 1.69. The minimum Gasteiger partial charge on any atom is -0.497 e. The predicted molar refractivity (Wildman–Crippen MR) is 111 cm³/mol. The van der Waals surface area contributed by atoms with Gasteiger partial charge in [0.25, 0.3) is 5.91 Å². The number of anilines is 1. The quantitative estimate of drug-likeness (QED) is 0.476. The summed E-state index contributed by atoms with van der Waals surface area (Å²) in [6.45, 7) is 0.509. The summed E-state index contributed by atoms with van der Waals surface area (Å²) in [4.78, 5) is 16.3. The molecule has 0 radical (unpaired) electrons. The minimum absolute atomic E-state index is 0.0624. The third kappa shape index (κ3) is 3.82. The average molecular weight is 389 g/mol. The molecule has 0 atom stereocenters. The van der Waals surface area contributed by atoms with Crippen LogP contribution in [0.1, 0.15) is 15.2 Å². The second-order valence-corrected chi connectivity index (χ2v) is 7.20. The minimum atomic E-state index is -0.0624. The van der Waals surface area contributed by atoms with Gasteiger partial charge in [0.15, 0.2) is 0 Å². The fourth-order valence-corrected chi connectivity index (χ4v) is 3.65. The van der Waals surface area contributed by atoms with Gasteiger partial charge in [-0.25, -0.2) is 4.68 Å². The maximum absolute atomic E-state index is 13.4. The van der Waals surface area contributed by atoms with Crippen molar-refractivity contribution in [2.75, 3.05) is 12.0 Å². The number of nitrogens with zero attached hydrogens (tertiary/aromatic N) is 3. The lowest BCUT2D eigenvalue weighted by molar-refractivity contribution is 0.0985. The van der Waals surface area contributed by atoms with Crippen molar-refractivity contribution in [3.05, 3.63) is 94.9 Å². The van der Waals surface area contributed by atoms with Gasteiger partial charge in [0, 0.05) is 28.5 Å². The predicted octanol–water partition coefficient (Wildman–Crippen LogP) is 4.79. The van der Waals surface area contributed by atoms with E-state index in [-0.39, 0.29) is 5.91 Å². The number of amides is 1. The van der Waals surface area contributed by atoms with Crippen molar-refractivity contribution < 1.29 is 9.53 Å². The molecule has 28 heavy (non-hydrogen) atoms. The van der Waals surface area contributed by atoms with E-state index in [1.165, 1.54) is 0 Å². The second-order valence-electron chi connectivity index (χ2n) is 6.17. The Bertz CT molecular complexity index is 1040. The molecule has 0 aliphatic rings. The first-order valence-electron chi connectivity index (χ1n) is 8.83. The number of carbonyl (C=O) groups is 1. The lowest BCUT2D eigenvalue weighted by Crippen LogP contribution is -2.30. The van der Waals surface area contributed by atoms with Gasteiger partial charge in [0.2, 0.25) is 0 Å². The van der Waals surface area contributed by atoms with E-state index in [1.807, 2.05) is 78.3 Å². The van der Waals surface area contributed by atoms with Gasteiger partial charge in [0.1, 0.15) is 5.75 Å². The number of benzene rings is 2. The van der Waals surface area contributed by atoms with Gasteiger partial charge in [-0.1, -0.05) is 12.1 Å². The van der Waals surface area contributed by atoms with E-state index in [0.29, 0.717) is 12.1 Å². The van der Waals surface area contributed by atoms with E-state index in [1.54, 1.807) is 34.2 Å². The highest BCUT2D eigenvalue weighted by molar-refractivity contribution is 7.09. The van der Waals surface area contributed by atoms with Crippen molar-refractivity contribution in [1.29, 1.82) is 0 Å². The van der Waals surface area contributed by atoms with E-state index < -0.39 is 0 Å². The Kier molecular flexibility index (Phi) is 5.21. The number of thiophene rings is 1. The van der Waals surface area contributed by atoms with Crippen LogP contribution >= 0.6 is 11.3 Å². The van der Waals surface area contributed by atoms with Crippen molar-refractivity contribution in [1.82, 2.24) is 9.78 Å². The molecule has 2 heterocycles. The summed E-state index contributed by atoms with van der Waals surface area (Å²) in [5.41, 5.74) is 2.28. The molecule has 6 heteroatoms. The van der Waals surface area contributed by atoms with Crippen LogP contribution in [0.25, 0.3) is 5.69 Å². The van der Waals surface area contributed by atoms with Crippen LogP contribution in [0.15, 0.2) is 84.5 Å². The number of hydrogen-bond donors (Lipinski definition) is 0. The summed E-state index contributed by atoms with van der Waals surface area (Å²) in [6, 6.07) is 20.9. The number of hydrogen-bond acceptors (Lipinski definition) is 4. The maximum Gasteiger partial charge on any atom is 0.258 e. The first-order chi connectivity index (χ1) is 13.7. The van der Waals surface area contributed by atoms with E-state index >= 15 is 0 Å². The van der Waals surface area contributed by atoms with Crippen molar-refractivity contribution in [2.45, 2.75) is 6.54 Å². The Morgan fingerprint density at radius 1 is 1.11 bits per heavy atom. The molecule has 0 spiro atoms. The van der Waals surface area contributed by atoms with E-state index in [9.17, 15) is 4.79 Å². The Morgan fingerprint density at radius 2 is 1.96 bits per heavy atom. The zero-order valence-electron chi connectivity index (χ0n) is 15.4. The molecule has 2 aromatic carbocycles. The van der Waals surface area contributed by atoms with Crippen LogP contribution in [-0.4, -0.2) is 22.8 Å². The highest BCUT2D eigenvalue weighted by Gasteiger charge is 2.19. The summed E-state index contributed by atoms with van der Waals surface area (Å²) in [5, 5.41) is 6.27. The molecule has 0 aliphatic heterocycles. The Hall–Kier alpha value is -3.38. The molecular formula is C22H19N3O2S. The summed E-state index contributed by atoms with van der Waals surface area (Å²) in [6.07, 6.45) is 3.57. The van der Waals surface area contributed by atoms with E-state index in [0.717, 1.165) is 22.0 Å². The van der Waals surface area contributed by atoms with Gasteiger partial charge in [-0.3, -0.25) is 4.79 Å². The van der Waals surface area contributed by atoms with Crippen LogP contribution in [0.2, 0.25) is 0 Å². The van der Waals surface area contributed by atoms with E-state index in [2.05, 4.69) is 5.10 Å². The van der Waals surface area contributed by atoms with Crippen LogP contribution < -0.4 is 9.64 Å². The van der Waals surface area contributed by atoms with Gasteiger partial charge >= 0.3 is 0 Å². The maximum atomic E-state index is 13.4. The topological polar surface area (TPSA) is 47.4 Å². The summed E-state index contributed by atoms with van der Waals surface area (Å²) >= 11 is 1.63. The lowest BCUT2D eigenvalue weighted by Gasteiger charge is -2.23. The number of carbonyl (C=O) groups excluding carboxylic acids is 1. The normalized spacial score (nSPS) is 10.6. The fraction of sp³-hybridized carbons (Fsp3) is 0.0909. The van der Waals surface area contributed by atoms with Gasteiger partial charge in [-0.05, 0) is 60.0 Å². The molecule has 4 aromatic rings. The van der Waals surface area contributed by atoms with Crippen molar-refractivity contribution in [2.24, 2.45) is 0 Å². The first kappa shape index (κ1) is 18.0. The molecule has 0 aliphatic carbocycles. The van der Waals surface area contributed by atoms with Gasteiger partial charge in [0.05, 0.1) is 19.3 Å². The average Bonchev–Trinajstić information content (AvgIpc) is 3.46. The molecule has 0 saturated carbocycles. The number of ether oxygens (including phenoxy) is 1. The molecule has 2 aromatic heterocycles. The smallest absolute Gasteiger partial charge is 0.258 e. The highest BCUT2D eigenvalue weighted by atomic mass is 32.1. The summed E-state index contributed by atoms with van der Waals surface area (Å²) < 4.78 is 6.99. The van der Waals surface area contributed by atoms with Crippen LogP contribution in [0.3, 0.4) is 0 Å². The molecule has 1 amide bonds. The molecule has 0 fully saturated rings. The Labute approximate surface area is 167 Å². The summed E-state index contributed by atoms with van der Waals surface area (Å²) in [7, 11) is 1.63. The summed E-state index contributed by atoms with van der Waals surface area (Å²) in [5.74, 6) is 0.695. The van der Waals surface area contributed by atoms with Gasteiger partial charge < -0.3 is 9.64 Å². The molecule has 5 nitrogen and oxygen atoms in total. The van der Waals surface area contributed by atoms with Crippen molar-refractivity contribution in [3.63, 3.8) is 0 Å². The molecular weight excluding hydrogens is 370 g/mol. The second kappa shape index (κ2) is 8.10. The standard InChI is InChI=1S/C22H19N3O2S/c1-27-20-10-8-18(9-11-20)24(16-21-7-3-14-28-21)22(26)17-5-2-6-19(15-17)25-13-4-12-23-25/h2-15H,16H2,1H3. The molecule has 0 saturated heterocycles. The molecule has 4 rings (SSSR count). The molecule has 0 unspecified atom stereocenters. The third-order valence-corrected chi connectivity index (χ3v) is 5.25. The highest BCUT2D eigenvalue weighted by Crippen LogP contribution is 2.25. The monoisotopic (exact) mass is 389 g/mol. The number of methoxy groups -OCH3 is 1. The lowest BCUT2D eigenvalue weighted by atomic mass is 10.1. The fourth-order valence-electron chi connectivity index (χ4n) is 2.96. The van der Waals surface area contributed by atoms with Crippen LogP contribution in [0.4, 0.5) is 5.69 Å². The third-order valence-electron chi connectivity index (χ3n) is 4.39. The van der Waals surface area contributed by atoms with Gasteiger partial charge in [-0.2, -0.15) is 5.10 Å². The van der Waals surface area contributed by atoms with E-state index in [4.69, 9.17) is 4.74 Å². The first-order valence-corrected chi connectivity index (χ1v) is 9.71. The van der Waals surface area contributed by atoms with Crippen molar-refractivity contribution in [3.8, 4) is 11.4 Å². The Morgan fingerprint density at radius 3 is 2.64 bits per heavy atom. The van der Waals surface area contributed by atoms with Crippen molar-refractivity contribution >= 4 is 22.9 Å². The van der Waals surface area contributed by atoms with Crippen LogP contribution in [-0.2, 0) is 6.54 Å². The number of aromatic nitrogens is 2.